The number of hydrogen-bond acceptors (Lipinski definition) is 4. The van der Waals surface area contributed by atoms with E-state index in [9.17, 15) is 4.79 Å². The zero-order valence-electron chi connectivity index (χ0n) is 9.65. The molecule has 1 atom stereocenters. The largest absolute Gasteiger partial charge is 0.478 e. The van der Waals surface area contributed by atoms with Gasteiger partial charge in [-0.1, -0.05) is 0 Å². The number of rotatable bonds is 5. The lowest BCUT2D eigenvalue weighted by Gasteiger charge is -2.14. The molecule has 1 heterocycles. The van der Waals surface area contributed by atoms with Crippen LogP contribution in [0.15, 0.2) is 12.1 Å². The molecule has 5 nitrogen and oxygen atoms in total. The number of methoxy groups -OCH3 is 1. The number of aromatic carboxylic acids is 1. The molecule has 1 rings (SSSR count). The molecular formula is C11H16N2O3. The molecule has 0 spiro atoms. The molecule has 5 heteroatoms. The van der Waals surface area contributed by atoms with Crippen molar-refractivity contribution in [3.8, 4) is 0 Å². The maximum atomic E-state index is 10.8. The molecule has 1 unspecified atom stereocenters. The van der Waals surface area contributed by atoms with Gasteiger partial charge in [0.1, 0.15) is 5.82 Å². The topological polar surface area (TPSA) is 71.5 Å². The molecule has 0 saturated carbocycles. The Hall–Kier alpha value is -1.62. The average Bonchev–Trinajstić information content (AvgIpc) is 2.17. The Morgan fingerprint density at radius 1 is 1.62 bits per heavy atom. The molecule has 0 fully saturated rings. The molecule has 1 aromatic rings. The SMILES string of the molecule is COCC(C)Nc1ccc(C(=O)O)c(C)n1. The fraction of sp³-hybridized carbons (Fsp3) is 0.455. The number of anilines is 1. The molecule has 0 radical (unpaired) electrons. The monoisotopic (exact) mass is 224 g/mol. The number of aryl methyl sites for hydroxylation is 1. The van der Waals surface area contributed by atoms with Gasteiger partial charge < -0.3 is 15.2 Å². The van der Waals surface area contributed by atoms with Crippen LogP contribution in [0.5, 0.6) is 0 Å². The first-order valence-electron chi connectivity index (χ1n) is 5.01. The van der Waals surface area contributed by atoms with Crippen LogP contribution in [0.4, 0.5) is 5.82 Å². The Morgan fingerprint density at radius 2 is 2.31 bits per heavy atom. The van der Waals surface area contributed by atoms with Gasteiger partial charge in [0, 0.05) is 13.2 Å². The van der Waals surface area contributed by atoms with Crippen molar-refractivity contribution in [3.05, 3.63) is 23.4 Å². The van der Waals surface area contributed by atoms with Crippen LogP contribution in [-0.4, -0.2) is 35.8 Å². The molecule has 0 saturated heterocycles. The third kappa shape index (κ3) is 3.20. The second-order valence-electron chi connectivity index (χ2n) is 3.64. The fourth-order valence-corrected chi connectivity index (χ4v) is 1.41. The van der Waals surface area contributed by atoms with E-state index < -0.39 is 5.97 Å². The number of nitrogens with one attached hydrogen (secondary N) is 1. The number of pyridine rings is 1. The Kier molecular flexibility index (Phi) is 4.25. The van der Waals surface area contributed by atoms with Gasteiger partial charge in [-0.2, -0.15) is 0 Å². The molecule has 0 aromatic carbocycles. The van der Waals surface area contributed by atoms with Gasteiger partial charge in [-0.15, -0.1) is 0 Å². The van der Waals surface area contributed by atoms with Gasteiger partial charge in [-0.25, -0.2) is 9.78 Å². The zero-order valence-corrected chi connectivity index (χ0v) is 9.65. The molecule has 0 aliphatic heterocycles. The van der Waals surface area contributed by atoms with Crippen molar-refractivity contribution in [2.45, 2.75) is 19.9 Å². The Balaban J connectivity index is 2.77. The van der Waals surface area contributed by atoms with Crippen molar-refractivity contribution in [3.63, 3.8) is 0 Å². The lowest BCUT2D eigenvalue weighted by Crippen LogP contribution is -2.21. The fourth-order valence-electron chi connectivity index (χ4n) is 1.41. The number of nitrogens with zero attached hydrogens (tertiary/aromatic N) is 1. The average molecular weight is 224 g/mol. The maximum Gasteiger partial charge on any atom is 0.337 e. The lowest BCUT2D eigenvalue weighted by molar-refractivity contribution is 0.0695. The lowest BCUT2D eigenvalue weighted by atomic mass is 10.2. The van der Waals surface area contributed by atoms with Crippen LogP contribution < -0.4 is 5.32 Å². The first-order chi connectivity index (χ1) is 7.54. The first-order valence-corrected chi connectivity index (χ1v) is 5.01. The van der Waals surface area contributed by atoms with Crippen LogP contribution in [0.2, 0.25) is 0 Å². The molecule has 0 bridgehead atoms. The summed E-state index contributed by atoms with van der Waals surface area (Å²) in [5.74, 6) is -0.298. The molecule has 2 N–H and O–H groups in total. The van der Waals surface area contributed by atoms with Gasteiger partial charge in [0.2, 0.25) is 0 Å². The third-order valence-corrected chi connectivity index (χ3v) is 2.13. The van der Waals surface area contributed by atoms with Crippen LogP contribution in [0, 0.1) is 6.92 Å². The number of hydrogen-bond donors (Lipinski definition) is 2. The van der Waals surface area contributed by atoms with E-state index in [2.05, 4.69) is 10.3 Å². The third-order valence-electron chi connectivity index (χ3n) is 2.13. The van der Waals surface area contributed by atoms with Gasteiger partial charge in [-0.3, -0.25) is 0 Å². The number of ether oxygens (including phenoxy) is 1. The normalized spacial score (nSPS) is 12.2. The minimum Gasteiger partial charge on any atom is -0.478 e. The van der Waals surface area contributed by atoms with Crippen LogP contribution in [-0.2, 0) is 4.74 Å². The van der Waals surface area contributed by atoms with Crippen molar-refractivity contribution in [2.24, 2.45) is 0 Å². The summed E-state index contributed by atoms with van der Waals surface area (Å²) in [7, 11) is 1.63. The summed E-state index contributed by atoms with van der Waals surface area (Å²) in [5.41, 5.74) is 0.729. The highest BCUT2D eigenvalue weighted by Gasteiger charge is 2.09. The van der Waals surface area contributed by atoms with E-state index in [-0.39, 0.29) is 11.6 Å². The molecule has 1 aromatic heterocycles. The molecule has 88 valence electrons. The maximum absolute atomic E-state index is 10.8. The van der Waals surface area contributed by atoms with Gasteiger partial charge in [-0.05, 0) is 26.0 Å². The molecular weight excluding hydrogens is 208 g/mol. The van der Waals surface area contributed by atoms with Crippen LogP contribution >= 0.6 is 0 Å². The number of carboxylic acids is 1. The highest BCUT2D eigenvalue weighted by molar-refractivity contribution is 5.89. The van der Waals surface area contributed by atoms with Crippen LogP contribution in [0.25, 0.3) is 0 Å². The van der Waals surface area contributed by atoms with Crippen LogP contribution in [0.1, 0.15) is 23.0 Å². The van der Waals surface area contributed by atoms with Crippen molar-refractivity contribution in [1.82, 2.24) is 4.98 Å². The van der Waals surface area contributed by atoms with Crippen molar-refractivity contribution in [2.75, 3.05) is 19.0 Å². The van der Waals surface area contributed by atoms with E-state index in [0.29, 0.717) is 18.1 Å². The second-order valence-corrected chi connectivity index (χ2v) is 3.64. The highest BCUT2D eigenvalue weighted by Crippen LogP contribution is 2.11. The van der Waals surface area contributed by atoms with Crippen molar-refractivity contribution < 1.29 is 14.6 Å². The quantitative estimate of drug-likeness (QED) is 0.793. The minimum atomic E-state index is -0.957. The second kappa shape index (κ2) is 5.46. The smallest absolute Gasteiger partial charge is 0.337 e. The van der Waals surface area contributed by atoms with E-state index in [1.807, 2.05) is 6.92 Å². The van der Waals surface area contributed by atoms with Gasteiger partial charge in [0.05, 0.1) is 17.9 Å². The first kappa shape index (κ1) is 12.4. The van der Waals surface area contributed by atoms with E-state index in [4.69, 9.17) is 9.84 Å². The summed E-state index contributed by atoms with van der Waals surface area (Å²) in [4.78, 5) is 14.9. The molecule has 0 aliphatic rings. The van der Waals surface area contributed by atoms with Gasteiger partial charge in [0.15, 0.2) is 0 Å². The number of aromatic nitrogens is 1. The Morgan fingerprint density at radius 3 is 2.81 bits per heavy atom. The highest BCUT2D eigenvalue weighted by atomic mass is 16.5. The summed E-state index contributed by atoms with van der Waals surface area (Å²) in [5, 5.41) is 12.0. The standard InChI is InChI=1S/C11H16N2O3/c1-7(6-16-3)12-10-5-4-9(11(14)15)8(2)13-10/h4-5,7H,6H2,1-3H3,(H,12,13)(H,14,15). The zero-order chi connectivity index (χ0) is 12.1. The summed E-state index contributed by atoms with van der Waals surface area (Å²) in [6, 6.07) is 3.34. The summed E-state index contributed by atoms with van der Waals surface area (Å²) < 4.78 is 4.98. The van der Waals surface area contributed by atoms with E-state index in [1.165, 1.54) is 0 Å². The van der Waals surface area contributed by atoms with Gasteiger partial charge >= 0.3 is 5.97 Å². The minimum absolute atomic E-state index is 0.132. The Labute approximate surface area is 94.5 Å². The summed E-state index contributed by atoms with van der Waals surface area (Å²) in [6.07, 6.45) is 0. The Bertz CT molecular complexity index is 379. The van der Waals surface area contributed by atoms with E-state index >= 15 is 0 Å². The number of carbonyl (C=O) groups is 1. The van der Waals surface area contributed by atoms with Crippen LogP contribution in [0.3, 0.4) is 0 Å². The summed E-state index contributed by atoms with van der Waals surface area (Å²) in [6.45, 7) is 4.21. The number of carboxylic acid groups (broad SMARTS) is 1. The molecule has 0 amide bonds. The molecule has 16 heavy (non-hydrogen) atoms. The predicted molar refractivity (Wildman–Crippen MR) is 60.9 cm³/mol. The van der Waals surface area contributed by atoms with Crippen molar-refractivity contribution in [1.29, 1.82) is 0 Å². The van der Waals surface area contributed by atoms with Gasteiger partial charge in [0.25, 0.3) is 0 Å². The predicted octanol–water partition coefficient (Wildman–Crippen LogP) is 1.54. The van der Waals surface area contributed by atoms with E-state index in [0.717, 1.165) is 0 Å². The van der Waals surface area contributed by atoms with Crippen molar-refractivity contribution >= 4 is 11.8 Å². The molecule has 0 aliphatic carbocycles. The summed E-state index contributed by atoms with van der Waals surface area (Å²) >= 11 is 0. The van der Waals surface area contributed by atoms with E-state index in [1.54, 1.807) is 26.2 Å².